The summed E-state index contributed by atoms with van der Waals surface area (Å²) in [4.78, 5) is 13.2. The third-order valence-corrected chi connectivity index (χ3v) is 10.4. The number of hydrogen-bond donors (Lipinski definition) is 3. The molecule has 0 fully saturated rings. The summed E-state index contributed by atoms with van der Waals surface area (Å²) in [5, 5.41) is 23.7. The predicted octanol–water partition coefficient (Wildman–Crippen LogP) is 11.5. The Balaban J connectivity index is 0.000000200. The van der Waals surface area contributed by atoms with Gasteiger partial charge in [0.1, 0.15) is 11.5 Å². The molecule has 0 saturated carbocycles. The lowest BCUT2D eigenvalue weighted by atomic mass is 9.85. The Morgan fingerprint density at radius 1 is 0.724 bits per heavy atom. The summed E-state index contributed by atoms with van der Waals surface area (Å²) in [6, 6.07) is 38.2. The van der Waals surface area contributed by atoms with Gasteiger partial charge in [0, 0.05) is 27.9 Å². The molecule has 2 aliphatic heterocycles. The minimum absolute atomic E-state index is 0.0385. The highest BCUT2D eigenvalue weighted by molar-refractivity contribution is 5.98. The van der Waals surface area contributed by atoms with Crippen LogP contribution in [0.3, 0.4) is 0 Å². The average Bonchev–Trinajstić information content (AvgIpc) is 3.21. The summed E-state index contributed by atoms with van der Waals surface area (Å²) >= 11 is 0. The SMILES string of the molecule is COc1ccccc1-c1ccc2c(c1)C(C(C)O)=CC(C)(C)N2C(=O)O.COc1ccccc1-c1ccc2c(c1)C(C(C)OC/C=C/c1ccccc1)=CC(C)(C)N2. The van der Waals surface area contributed by atoms with Crippen molar-refractivity contribution in [1.82, 2.24) is 0 Å². The molecule has 2 aliphatic rings. The fraction of sp³-hybridized carbons (Fsp3) is 0.260. The van der Waals surface area contributed by atoms with Crippen LogP contribution in [-0.2, 0) is 4.74 Å². The Morgan fingerprint density at radius 2 is 1.29 bits per heavy atom. The zero-order chi connectivity index (χ0) is 41.6. The zero-order valence-electron chi connectivity index (χ0n) is 34.6. The van der Waals surface area contributed by atoms with Gasteiger partial charge in [-0.1, -0.05) is 103 Å². The first-order chi connectivity index (χ1) is 27.7. The van der Waals surface area contributed by atoms with Gasteiger partial charge in [-0.3, -0.25) is 4.90 Å². The maximum absolute atomic E-state index is 11.9. The molecule has 300 valence electrons. The number of aliphatic hydroxyl groups excluding tert-OH is 1. The highest BCUT2D eigenvalue weighted by Crippen LogP contribution is 2.44. The molecule has 5 aromatic rings. The van der Waals surface area contributed by atoms with Crippen molar-refractivity contribution < 1.29 is 29.2 Å². The van der Waals surface area contributed by atoms with Crippen LogP contribution in [0.2, 0.25) is 0 Å². The molecule has 0 radical (unpaired) electrons. The molecule has 3 N–H and O–H groups in total. The Labute approximate surface area is 342 Å². The molecular weight excluding hydrogens is 725 g/mol. The fourth-order valence-corrected chi connectivity index (χ4v) is 7.71. The van der Waals surface area contributed by atoms with E-state index in [0.29, 0.717) is 17.9 Å². The summed E-state index contributed by atoms with van der Waals surface area (Å²) in [5.41, 5.74) is 9.81. The van der Waals surface area contributed by atoms with Gasteiger partial charge < -0.3 is 29.7 Å². The lowest BCUT2D eigenvalue weighted by molar-refractivity contribution is 0.129. The number of fused-ring (bicyclic) bond motifs is 2. The molecule has 8 nitrogen and oxygen atoms in total. The van der Waals surface area contributed by atoms with Gasteiger partial charge in [-0.15, -0.1) is 0 Å². The number of para-hydroxylation sites is 2. The van der Waals surface area contributed by atoms with Crippen molar-refractivity contribution in [3.05, 3.63) is 150 Å². The molecule has 2 atom stereocenters. The molecule has 7 rings (SSSR count). The predicted molar refractivity (Wildman–Crippen MR) is 238 cm³/mol. The van der Waals surface area contributed by atoms with Gasteiger partial charge >= 0.3 is 6.09 Å². The van der Waals surface area contributed by atoms with Gasteiger partial charge in [0.2, 0.25) is 0 Å². The number of aliphatic hydroxyl groups is 1. The molecule has 2 heterocycles. The number of ether oxygens (including phenoxy) is 3. The number of carboxylic acid groups (broad SMARTS) is 1. The smallest absolute Gasteiger partial charge is 0.412 e. The molecule has 0 bridgehead atoms. The van der Waals surface area contributed by atoms with Crippen LogP contribution in [0.5, 0.6) is 11.5 Å². The second kappa shape index (κ2) is 17.6. The van der Waals surface area contributed by atoms with Crippen LogP contribution in [-0.4, -0.2) is 60.4 Å². The van der Waals surface area contributed by atoms with E-state index in [-0.39, 0.29) is 11.6 Å². The number of methoxy groups -OCH3 is 2. The van der Waals surface area contributed by atoms with Gasteiger partial charge in [0.25, 0.3) is 0 Å². The number of nitrogens with zero attached hydrogens (tertiary/aromatic N) is 1. The summed E-state index contributed by atoms with van der Waals surface area (Å²) in [6.45, 7) is 12.4. The van der Waals surface area contributed by atoms with Gasteiger partial charge in [-0.05, 0) is 106 Å². The lowest BCUT2D eigenvalue weighted by Crippen LogP contribution is -2.48. The maximum Gasteiger partial charge on any atom is 0.412 e. The molecule has 2 unspecified atom stereocenters. The van der Waals surface area contributed by atoms with Crippen molar-refractivity contribution >= 4 is 34.7 Å². The van der Waals surface area contributed by atoms with Crippen LogP contribution in [0, 0.1) is 0 Å². The van der Waals surface area contributed by atoms with E-state index in [2.05, 4.69) is 80.7 Å². The molecule has 8 heteroatoms. The number of hydrogen-bond acceptors (Lipinski definition) is 6. The molecule has 0 aromatic heterocycles. The van der Waals surface area contributed by atoms with E-state index in [0.717, 1.165) is 45.0 Å². The first-order valence-electron chi connectivity index (χ1n) is 19.6. The van der Waals surface area contributed by atoms with E-state index in [1.54, 1.807) is 27.2 Å². The second-order valence-electron chi connectivity index (χ2n) is 15.7. The van der Waals surface area contributed by atoms with Gasteiger partial charge in [-0.2, -0.15) is 0 Å². The first-order valence-corrected chi connectivity index (χ1v) is 19.6. The Bertz CT molecular complexity index is 2340. The third-order valence-electron chi connectivity index (χ3n) is 10.4. The first kappa shape index (κ1) is 41.5. The number of rotatable bonds is 10. The summed E-state index contributed by atoms with van der Waals surface area (Å²) in [5.74, 6) is 1.61. The largest absolute Gasteiger partial charge is 0.496 e. The van der Waals surface area contributed by atoms with E-state index in [1.807, 2.05) is 92.7 Å². The number of anilines is 2. The lowest BCUT2D eigenvalue weighted by Gasteiger charge is -2.40. The van der Waals surface area contributed by atoms with Crippen LogP contribution in [0.1, 0.15) is 58.2 Å². The highest BCUT2D eigenvalue weighted by atomic mass is 16.5. The molecule has 5 aromatic carbocycles. The van der Waals surface area contributed by atoms with Crippen LogP contribution in [0.15, 0.2) is 133 Å². The van der Waals surface area contributed by atoms with Gasteiger partial charge in [-0.25, -0.2) is 4.79 Å². The minimum atomic E-state index is -1.03. The van der Waals surface area contributed by atoms with Crippen LogP contribution in [0.4, 0.5) is 16.2 Å². The van der Waals surface area contributed by atoms with Crippen LogP contribution in [0.25, 0.3) is 39.5 Å². The van der Waals surface area contributed by atoms with Gasteiger partial charge in [0.05, 0.1) is 49.8 Å². The van der Waals surface area contributed by atoms with E-state index in [1.165, 1.54) is 21.6 Å². The molecule has 1 amide bonds. The fourth-order valence-electron chi connectivity index (χ4n) is 7.71. The summed E-state index contributed by atoms with van der Waals surface area (Å²) < 4.78 is 17.3. The third kappa shape index (κ3) is 9.20. The topological polar surface area (TPSA) is 100 Å². The van der Waals surface area contributed by atoms with Crippen molar-refractivity contribution in [2.45, 2.75) is 64.8 Å². The van der Waals surface area contributed by atoms with Crippen molar-refractivity contribution in [2.24, 2.45) is 0 Å². The molecule has 0 saturated heterocycles. The quantitative estimate of drug-likeness (QED) is 0.130. The monoisotopic (exact) mass is 778 g/mol. The normalized spacial score (nSPS) is 16.0. The van der Waals surface area contributed by atoms with Crippen molar-refractivity contribution in [3.8, 4) is 33.8 Å². The highest BCUT2D eigenvalue weighted by Gasteiger charge is 2.38. The second-order valence-corrected chi connectivity index (χ2v) is 15.7. The van der Waals surface area contributed by atoms with Crippen LogP contribution < -0.4 is 19.7 Å². The van der Waals surface area contributed by atoms with Crippen molar-refractivity contribution in [3.63, 3.8) is 0 Å². The molecule has 0 spiro atoms. The Morgan fingerprint density at radius 3 is 1.88 bits per heavy atom. The molecular formula is C50H54N2O6. The van der Waals surface area contributed by atoms with E-state index >= 15 is 0 Å². The molecule has 0 aliphatic carbocycles. The number of nitrogens with one attached hydrogen (secondary N) is 1. The van der Waals surface area contributed by atoms with Gasteiger partial charge in [0.15, 0.2) is 0 Å². The molecule has 58 heavy (non-hydrogen) atoms. The van der Waals surface area contributed by atoms with Crippen molar-refractivity contribution in [1.29, 1.82) is 0 Å². The summed E-state index contributed by atoms with van der Waals surface area (Å²) in [7, 11) is 3.33. The minimum Gasteiger partial charge on any atom is -0.496 e. The van der Waals surface area contributed by atoms with E-state index < -0.39 is 17.7 Å². The van der Waals surface area contributed by atoms with Crippen molar-refractivity contribution in [2.75, 3.05) is 31.0 Å². The number of benzene rings is 5. The standard InChI is InChI=1S/C29H31NO2.C21H23NO4/c1-21(32-18-10-13-22-11-6-5-7-12-22)26-20-29(2,3)30-27-17-16-23(19-25(26)27)24-14-8-9-15-28(24)31-4;1-13(23)17-12-21(2,3)22(20(24)25)18-10-9-14(11-16(17)18)15-7-5-6-8-19(15)26-4/h5-17,19-21,30H,18H2,1-4H3;5-13,23H,1-4H3,(H,24,25)/b13-10+;. The Hall–Kier alpha value is -6.09. The maximum atomic E-state index is 11.9. The van der Waals surface area contributed by atoms with E-state index in [9.17, 15) is 15.0 Å². The number of amides is 1. The zero-order valence-corrected chi connectivity index (χ0v) is 34.6. The summed E-state index contributed by atoms with van der Waals surface area (Å²) in [6.07, 6.45) is 6.50. The number of carbonyl (C=O) groups is 1. The average molecular weight is 779 g/mol. The van der Waals surface area contributed by atoms with Crippen LogP contribution >= 0.6 is 0 Å². The Kier molecular flexibility index (Phi) is 12.6. The van der Waals surface area contributed by atoms with E-state index in [4.69, 9.17) is 14.2 Å².